The van der Waals surface area contributed by atoms with E-state index in [1.54, 1.807) is 0 Å². The van der Waals surface area contributed by atoms with Crippen LogP contribution in [0.15, 0.2) is 0 Å². The van der Waals surface area contributed by atoms with Crippen molar-refractivity contribution in [3.05, 3.63) is 0 Å². The van der Waals surface area contributed by atoms with E-state index in [9.17, 15) is 0 Å². The summed E-state index contributed by atoms with van der Waals surface area (Å²) in [5.41, 5.74) is 0. The second-order valence-corrected chi connectivity index (χ2v) is 6.61. The summed E-state index contributed by atoms with van der Waals surface area (Å²) in [6.07, 6.45) is 9.73. The second kappa shape index (κ2) is 8.41. The van der Waals surface area contributed by atoms with Crippen molar-refractivity contribution >= 4 is 11.8 Å². The SMILES string of the molecule is CCCCCC(C)NC1CCCC1SCC. The Morgan fingerprint density at radius 3 is 2.75 bits per heavy atom. The largest absolute Gasteiger partial charge is 0.310 e. The number of nitrogens with one attached hydrogen (secondary N) is 1. The lowest BCUT2D eigenvalue weighted by Gasteiger charge is -2.24. The molecule has 0 amide bonds. The Kier molecular flexibility index (Phi) is 7.55. The highest BCUT2D eigenvalue weighted by Gasteiger charge is 2.27. The van der Waals surface area contributed by atoms with Crippen molar-refractivity contribution < 1.29 is 0 Å². The number of hydrogen-bond acceptors (Lipinski definition) is 2. The minimum absolute atomic E-state index is 0.717. The van der Waals surface area contributed by atoms with E-state index < -0.39 is 0 Å². The van der Waals surface area contributed by atoms with Gasteiger partial charge in [-0.1, -0.05) is 39.5 Å². The molecule has 3 atom stereocenters. The highest BCUT2D eigenvalue weighted by atomic mass is 32.2. The quantitative estimate of drug-likeness (QED) is 0.641. The molecule has 0 spiro atoms. The van der Waals surface area contributed by atoms with Crippen molar-refractivity contribution in [3.8, 4) is 0 Å². The first-order valence-electron chi connectivity index (χ1n) is 7.15. The molecular formula is C14H29NS. The van der Waals surface area contributed by atoms with Gasteiger partial charge in [-0.05, 0) is 31.9 Å². The van der Waals surface area contributed by atoms with Gasteiger partial charge in [0.15, 0.2) is 0 Å². The molecule has 1 saturated carbocycles. The molecule has 1 fully saturated rings. The average molecular weight is 243 g/mol. The summed E-state index contributed by atoms with van der Waals surface area (Å²) < 4.78 is 0. The predicted molar refractivity (Wildman–Crippen MR) is 76.3 cm³/mol. The number of thioether (sulfide) groups is 1. The van der Waals surface area contributed by atoms with Gasteiger partial charge in [0, 0.05) is 17.3 Å². The van der Waals surface area contributed by atoms with Gasteiger partial charge in [-0.25, -0.2) is 0 Å². The molecule has 1 aliphatic carbocycles. The molecule has 0 aromatic rings. The Morgan fingerprint density at radius 2 is 2.06 bits per heavy atom. The van der Waals surface area contributed by atoms with Gasteiger partial charge in [-0.15, -0.1) is 0 Å². The van der Waals surface area contributed by atoms with E-state index in [1.807, 2.05) is 0 Å². The fraction of sp³-hybridized carbons (Fsp3) is 1.00. The van der Waals surface area contributed by atoms with Crippen LogP contribution in [0.2, 0.25) is 0 Å². The van der Waals surface area contributed by atoms with Crippen LogP contribution in [0.1, 0.15) is 65.7 Å². The van der Waals surface area contributed by atoms with Crippen LogP contribution in [0.4, 0.5) is 0 Å². The average Bonchev–Trinajstić information content (AvgIpc) is 2.67. The molecule has 2 heteroatoms. The van der Waals surface area contributed by atoms with Gasteiger partial charge in [0.2, 0.25) is 0 Å². The van der Waals surface area contributed by atoms with Crippen LogP contribution < -0.4 is 5.32 Å². The first-order valence-corrected chi connectivity index (χ1v) is 8.20. The second-order valence-electron chi connectivity index (χ2n) is 5.09. The van der Waals surface area contributed by atoms with E-state index in [0.29, 0.717) is 0 Å². The molecule has 1 rings (SSSR count). The molecule has 0 radical (unpaired) electrons. The third kappa shape index (κ3) is 5.09. The van der Waals surface area contributed by atoms with Gasteiger partial charge in [0.1, 0.15) is 0 Å². The molecule has 1 N–H and O–H groups in total. The summed E-state index contributed by atoms with van der Waals surface area (Å²) in [7, 11) is 0. The normalized spacial score (nSPS) is 27.2. The van der Waals surface area contributed by atoms with Crippen molar-refractivity contribution in [2.75, 3.05) is 5.75 Å². The van der Waals surface area contributed by atoms with Gasteiger partial charge < -0.3 is 5.32 Å². The summed E-state index contributed by atoms with van der Waals surface area (Å²) >= 11 is 2.15. The lowest BCUT2D eigenvalue weighted by Crippen LogP contribution is -2.40. The first-order chi connectivity index (χ1) is 7.77. The summed E-state index contributed by atoms with van der Waals surface area (Å²) in [5.74, 6) is 1.27. The van der Waals surface area contributed by atoms with Crippen molar-refractivity contribution in [2.45, 2.75) is 83.1 Å². The van der Waals surface area contributed by atoms with E-state index in [1.165, 1.54) is 50.7 Å². The molecule has 0 aromatic heterocycles. The summed E-state index contributed by atoms with van der Waals surface area (Å²) in [4.78, 5) is 0. The first kappa shape index (κ1) is 14.4. The van der Waals surface area contributed by atoms with Crippen LogP contribution in [0.5, 0.6) is 0 Å². The molecule has 1 aliphatic rings. The maximum Gasteiger partial charge on any atom is 0.0201 e. The molecule has 0 aliphatic heterocycles. The van der Waals surface area contributed by atoms with Crippen LogP contribution in [0, 0.1) is 0 Å². The third-order valence-corrected chi connectivity index (χ3v) is 4.90. The Hall–Kier alpha value is 0.310. The number of hydrogen-bond donors (Lipinski definition) is 1. The van der Waals surface area contributed by atoms with E-state index in [0.717, 1.165) is 17.3 Å². The van der Waals surface area contributed by atoms with Crippen LogP contribution >= 0.6 is 11.8 Å². The van der Waals surface area contributed by atoms with Crippen molar-refractivity contribution in [1.29, 1.82) is 0 Å². The summed E-state index contributed by atoms with van der Waals surface area (Å²) in [6, 6.07) is 1.51. The lowest BCUT2D eigenvalue weighted by atomic mass is 10.1. The van der Waals surface area contributed by atoms with Crippen LogP contribution in [0.3, 0.4) is 0 Å². The van der Waals surface area contributed by atoms with Gasteiger partial charge in [-0.2, -0.15) is 11.8 Å². The predicted octanol–water partition coefficient (Wildman–Crippen LogP) is 4.22. The standard InChI is InChI=1S/C14H29NS/c1-4-6-7-9-12(3)15-13-10-8-11-14(13)16-5-2/h12-15H,4-11H2,1-3H3. The maximum absolute atomic E-state index is 3.85. The van der Waals surface area contributed by atoms with Gasteiger partial charge >= 0.3 is 0 Å². The smallest absolute Gasteiger partial charge is 0.0201 e. The molecule has 96 valence electrons. The minimum atomic E-state index is 0.717. The topological polar surface area (TPSA) is 12.0 Å². The highest BCUT2D eigenvalue weighted by Crippen LogP contribution is 2.30. The summed E-state index contributed by atoms with van der Waals surface area (Å²) in [6.45, 7) is 6.93. The van der Waals surface area contributed by atoms with Crippen LogP contribution in [0.25, 0.3) is 0 Å². The van der Waals surface area contributed by atoms with Gasteiger partial charge in [-0.3, -0.25) is 0 Å². The fourth-order valence-corrected chi connectivity index (χ4v) is 3.89. The summed E-state index contributed by atoms with van der Waals surface area (Å²) in [5, 5.41) is 4.74. The van der Waals surface area contributed by atoms with Crippen molar-refractivity contribution in [3.63, 3.8) is 0 Å². The van der Waals surface area contributed by atoms with Gasteiger partial charge in [0.05, 0.1) is 0 Å². The zero-order chi connectivity index (χ0) is 11.8. The Morgan fingerprint density at radius 1 is 1.25 bits per heavy atom. The Labute approximate surface area is 106 Å². The molecule has 3 unspecified atom stereocenters. The minimum Gasteiger partial charge on any atom is -0.310 e. The molecule has 0 aromatic carbocycles. The van der Waals surface area contributed by atoms with Crippen molar-refractivity contribution in [1.82, 2.24) is 5.32 Å². The third-order valence-electron chi connectivity index (χ3n) is 3.57. The van der Waals surface area contributed by atoms with Crippen LogP contribution in [-0.4, -0.2) is 23.1 Å². The molecule has 16 heavy (non-hydrogen) atoms. The molecule has 0 bridgehead atoms. The molecule has 0 saturated heterocycles. The molecule has 0 heterocycles. The van der Waals surface area contributed by atoms with E-state index in [2.05, 4.69) is 37.8 Å². The highest BCUT2D eigenvalue weighted by molar-refractivity contribution is 7.99. The zero-order valence-corrected chi connectivity index (χ0v) is 12.1. The van der Waals surface area contributed by atoms with E-state index >= 15 is 0 Å². The Balaban J connectivity index is 2.18. The lowest BCUT2D eigenvalue weighted by molar-refractivity contribution is 0.423. The number of rotatable bonds is 8. The van der Waals surface area contributed by atoms with E-state index in [4.69, 9.17) is 0 Å². The maximum atomic E-state index is 3.85. The molecule has 1 nitrogen and oxygen atoms in total. The zero-order valence-electron chi connectivity index (χ0n) is 11.3. The van der Waals surface area contributed by atoms with Gasteiger partial charge in [0.25, 0.3) is 0 Å². The van der Waals surface area contributed by atoms with E-state index in [-0.39, 0.29) is 0 Å². The van der Waals surface area contributed by atoms with Crippen LogP contribution in [-0.2, 0) is 0 Å². The molecular weight excluding hydrogens is 214 g/mol. The van der Waals surface area contributed by atoms with Crippen molar-refractivity contribution in [2.24, 2.45) is 0 Å². The fourth-order valence-electron chi connectivity index (χ4n) is 2.68. The number of unbranched alkanes of at least 4 members (excludes halogenated alkanes) is 2. The Bertz CT molecular complexity index is 172. The monoisotopic (exact) mass is 243 g/mol.